The second-order valence-corrected chi connectivity index (χ2v) is 7.44. The lowest BCUT2D eigenvalue weighted by molar-refractivity contribution is -0.113. The Morgan fingerprint density at radius 1 is 1.04 bits per heavy atom. The predicted molar refractivity (Wildman–Crippen MR) is 118 cm³/mol. The predicted octanol–water partition coefficient (Wildman–Crippen LogP) is 4.92. The van der Waals surface area contributed by atoms with Crippen molar-refractivity contribution in [3.63, 3.8) is 0 Å². The molecule has 1 atom stereocenters. The zero-order valence-electron chi connectivity index (χ0n) is 15.1. The van der Waals surface area contributed by atoms with Crippen LogP contribution in [0.25, 0.3) is 10.8 Å². The third-order valence-corrected chi connectivity index (χ3v) is 5.22. The van der Waals surface area contributed by atoms with Crippen LogP contribution in [0.15, 0.2) is 78.0 Å². The van der Waals surface area contributed by atoms with Gasteiger partial charge in [0.05, 0.1) is 11.6 Å². The second-order valence-electron chi connectivity index (χ2n) is 6.60. The number of fused-ring (bicyclic) bond motifs is 1. The molecule has 4 nitrogen and oxygen atoms in total. The van der Waals surface area contributed by atoms with Gasteiger partial charge in [-0.3, -0.25) is 4.79 Å². The molecule has 0 radical (unpaired) electrons. The van der Waals surface area contributed by atoms with E-state index in [9.17, 15) is 4.79 Å². The zero-order chi connectivity index (χ0) is 19.7. The largest absolute Gasteiger partial charge is 0.351 e. The Morgan fingerprint density at radius 2 is 1.75 bits per heavy atom. The molecule has 1 aliphatic rings. The quantitative estimate of drug-likeness (QED) is 0.539. The number of thiocarbonyl (C=S) groups is 1. The molecule has 3 aromatic rings. The number of anilines is 1. The molecule has 140 valence electrons. The van der Waals surface area contributed by atoms with Crippen molar-refractivity contribution >= 4 is 51.3 Å². The smallest absolute Gasteiger partial charge is 0.255 e. The Hall–Kier alpha value is -2.89. The highest BCUT2D eigenvalue weighted by Gasteiger charge is 2.30. The van der Waals surface area contributed by atoms with E-state index in [-0.39, 0.29) is 11.9 Å². The number of halogens is 1. The number of rotatable bonds is 3. The summed E-state index contributed by atoms with van der Waals surface area (Å²) in [7, 11) is 0. The van der Waals surface area contributed by atoms with Crippen molar-refractivity contribution in [3.05, 3.63) is 88.6 Å². The van der Waals surface area contributed by atoms with Crippen molar-refractivity contribution in [1.82, 2.24) is 10.6 Å². The highest BCUT2D eigenvalue weighted by atomic mass is 35.5. The molecule has 0 bridgehead atoms. The Morgan fingerprint density at radius 3 is 2.54 bits per heavy atom. The summed E-state index contributed by atoms with van der Waals surface area (Å²) in [6, 6.07) is 20.9. The SMILES string of the molecule is CC1=C(C(=O)Nc2ccc(Cl)cc2)[C@@H](c2cccc3ccccc23)NC(=S)N1. The number of amides is 1. The van der Waals surface area contributed by atoms with E-state index < -0.39 is 0 Å². The third-order valence-electron chi connectivity index (χ3n) is 4.75. The molecule has 0 spiro atoms. The number of allylic oxidation sites excluding steroid dienone is 1. The van der Waals surface area contributed by atoms with E-state index in [2.05, 4.69) is 34.1 Å². The van der Waals surface area contributed by atoms with Crippen LogP contribution < -0.4 is 16.0 Å². The van der Waals surface area contributed by atoms with Crippen molar-refractivity contribution in [1.29, 1.82) is 0 Å². The van der Waals surface area contributed by atoms with Crippen LogP contribution >= 0.6 is 23.8 Å². The summed E-state index contributed by atoms with van der Waals surface area (Å²) in [5, 5.41) is 12.6. The Kier molecular flexibility index (Phi) is 5.03. The number of nitrogens with one attached hydrogen (secondary N) is 3. The minimum absolute atomic E-state index is 0.194. The Labute approximate surface area is 173 Å². The molecule has 3 N–H and O–H groups in total. The van der Waals surface area contributed by atoms with Crippen molar-refractivity contribution in [3.8, 4) is 0 Å². The highest BCUT2D eigenvalue weighted by molar-refractivity contribution is 7.80. The van der Waals surface area contributed by atoms with Gasteiger partial charge in [-0.1, -0.05) is 54.1 Å². The molecule has 0 aromatic heterocycles. The number of carbonyl (C=O) groups excluding carboxylic acids is 1. The van der Waals surface area contributed by atoms with Gasteiger partial charge in [-0.2, -0.15) is 0 Å². The van der Waals surface area contributed by atoms with Gasteiger partial charge < -0.3 is 16.0 Å². The topological polar surface area (TPSA) is 53.2 Å². The normalized spacial score (nSPS) is 16.5. The lowest BCUT2D eigenvalue weighted by Gasteiger charge is -2.31. The second kappa shape index (κ2) is 7.62. The summed E-state index contributed by atoms with van der Waals surface area (Å²) < 4.78 is 0. The highest BCUT2D eigenvalue weighted by Crippen LogP contribution is 2.32. The molecule has 0 aliphatic carbocycles. The first kappa shape index (κ1) is 18.5. The Bertz CT molecular complexity index is 1100. The van der Waals surface area contributed by atoms with Crippen LogP contribution in [0.2, 0.25) is 5.02 Å². The Balaban J connectivity index is 1.76. The fraction of sp³-hybridized carbons (Fsp3) is 0.0909. The van der Waals surface area contributed by atoms with E-state index in [1.807, 2.05) is 31.2 Å². The van der Waals surface area contributed by atoms with Crippen LogP contribution in [0.4, 0.5) is 5.69 Å². The molecule has 3 aromatic carbocycles. The maximum atomic E-state index is 13.2. The maximum absolute atomic E-state index is 13.2. The van der Waals surface area contributed by atoms with Crippen LogP contribution in [0.5, 0.6) is 0 Å². The van der Waals surface area contributed by atoms with Gasteiger partial charge in [-0.15, -0.1) is 0 Å². The maximum Gasteiger partial charge on any atom is 0.255 e. The molecule has 28 heavy (non-hydrogen) atoms. The summed E-state index contributed by atoms with van der Waals surface area (Å²) in [4.78, 5) is 13.2. The molecular formula is C22H18ClN3OS. The van der Waals surface area contributed by atoms with Gasteiger partial charge in [0.25, 0.3) is 5.91 Å². The number of hydrogen-bond acceptors (Lipinski definition) is 2. The van der Waals surface area contributed by atoms with Crippen molar-refractivity contribution in [2.45, 2.75) is 13.0 Å². The fourth-order valence-electron chi connectivity index (χ4n) is 3.46. The third kappa shape index (κ3) is 3.59. The average molecular weight is 408 g/mol. The van der Waals surface area contributed by atoms with E-state index in [4.69, 9.17) is 23.8 Å². The minimum Gasteiger partial charge on any atom is -0.351 e. The number of benzene rings is 3. The summed E-state index contributed by atoms with van der Waals surface area (Å²) in [6.07, 6.45) is 0. The van der Waals surface area contributed by atoms with Crippen molar-refractivity contribution in [2.24, 2.45) is 0 Å². The first-order chi connectivity index (χ1) is 13.5. The van der Waals surface area contributed by atoms with E-state index in [0.717, 1.165) is 22.0 Å². The number of hydrogen-bond donors (Lipinski definition) is 3. The molecule has 4 rings (SSSR count). The van der Waals surface area contributed by atoms with Gasteiger partial charge in [0, 0.05) is 16.4 Å². The lowest BCUT2D eigenvalue weighted by Crippen LogP contribution is -2.45. The molecule has 1 heterocycles. The van der Waals surface area contributed by atoms with Crippen molar-refractivity contribution < 1.29 is 4.79 Å². The van der Waals surface area contributed by atoms with E-state index in [1.165, 1.54) is 0 Å². The molecule has 0 saturated carbocycles. The summed E-state index contributed by atoms with van der Waals surface area (Å²) >= 11 is 11.3. The van der Waals surface area contributed by atoms with Gasteiger partial charge in [-0.05, 0) is 59.7 Å². The van der Waals surface area contributed by atoms with Gasteiger partial charge in [0.1, 0.15) is 0 Å². The summed E-state index contributed by atoms with van der Waals surface area (Å²) in [5.41, 5.74) is 3.01. The van der Waals surface area contributed by atoms with Gasteiger partial charge >= 0.3 is 0 Å². The van der Waals surface area contributed by atoms with E-state index in [1.54, 1.807) is 24.3 Å². The van der Waals surface area contributed by atoms with E-state index in [0.29, 0.717) is 21.4 Å². The van der Waals surface area contributed by atoms with E-state index >= 15 is 0 Å². The molecular weight excluding hydrogens is 390 g/mol. The molecule has 1 amide bonds. The molecule has 1 aliphatic heterocycles. The van der Waals surface area contributed by atoms with Gasteiger partial charge in [0.15, 0.2) is 5.11 Å². The summed E-state index contributed by atoms with van der Waals surface area (Å²) in [6.45, 7) is 1.86. The average Bonchev–Trinajstić information content (AvgIpc) is 2.68. The first-order valence-corrected chi connectivity index (χ1v) is 9.64. The lowest BCUT2D eigenvalue weighted by atomic mass is 9.91. The van der Waals surface area contributed by atoms with Crippen LogP contribution in [0.1, 0.15) is 18.5 Å². The molecule has 0 fully saturated rings. The van der Waals surface area contributed by atoms with Crippen LogP contribution in [-0.2, 0) is 4.79 Å². The first-order valence-electron chi connectivity index (χ1n) is 8.86. The van der Waals surface area contributed by atoms with Crippen LogP contribution in [0.3, 0.4) is 0 Å². The fourth-order valence-corrected chi connectivity index (χ4v) is 3.86. The monoisotopic (exact) mass is 407 g/mol. The molecule has 0 unspecified atom stereocenters. The van der Waals surface area contributed by atoms with Crippen LogP contribution in [-0.4, -0.2) is 11.0 Å². The molecule has 0 saturated heterocycles. The molecule has 6 heteroatoms. The van der Waals surface area contributed by atoms with Crippen LogP contribution in [0, 0.1) is 0 Å². The minimum atomic E-state index is -0.354. The number of carbonyl (C=O) groups is 1. The van der Waals surface area contributed by atoms with Gasteiger partial charge in [-0.25, -0.2) is 0 Å². The standard InChI is InChI=1S/C22H18ClN3OS/c1-13-19(21(27)25-16-11-9-15(23)10-12-16)20(26-22(28)24-13)18-8-4-6-14-5-2-3-7-17(14)18/h2-12,20H,1H3,(H,25,27)(H2,24,26,28)/t20-/m1/s1. The van der Waals surface area contributed by atoms with Crippen molar-refractivity contribution in [2.75, 3.05) is 5.32 Å². The summed E-state index contributed by atoms with van der Waals surface area (Å²) in [5.74, 6) is -0.194. The zero-order valence-corrected chi connectivity index (χ0v) is 16.7. The van der Waals surface area contributed by atoms with Gasteiger partial charge in [0.2, 0.25) is 0 Å².